The summed E-state index contributed by atoms with van der Waals surface area (Å²) < 4.78 is 46.1. The Bertz CT molecular complexity index is 921. The van der Waals surface area contributed by atoms with Crippen molar-refractivity contribution in [2.45, 2.75) is 31.2 Å². The number of rotatable bonds is 10. The zero-order chi connectivity index (χ0) is 22.4. The zero-order valence-corrected chi connectivity index (χ0v) is 22.9. The molecule has 0 aliphatic heterocycles. The molecule has 13 nitrogen and oxygen atoms in total. The molecular weight excluding hydrogens is 481 g/mol. The van der Waals surface area contributed by atoms with E-state index in [2.05, 4.69) is 4.52 Å². The minimum absolute atomic E-state index is 0. The maximum Gasteiger partial charge on any atom is 1.00 e. The van der Waals surface area contributed by atoms with Gasteiger partial charge in [-0.05, 0) is 25.5 Å². The molecule has 0 fully saturated rings. The summed E-state index contributed by atoms with van der Waals surface area (Å²) in [7, 11) is -10.2. The molecule has 1 aromatic carbocycles. The molecule has 31 heavy (non-hydrogen) atoms. The Balaban J connectivity index is 0. The van der Waals surface area contributed by atoms with Crippen LogP contribution in [0, 0.1) is 16.0 Å². The van der Waals surface area contributed by atoms with Crippen LogP contribution in [-0.4, -0.2) is 37.9 Å². The molecule has 0 spiro atoms. The summed E-state index contributed by atoms with van der Waals surface area (Å²) in [6.07, 6.45) is -0.287. The molecule has 0 amide bonds. The van der Waals surface area contributed by atoms with Gasteiger partial charge < -0.3 is 23.6 Å². The first-order chi connectivity index (χ1) is 13.3. The normalized spacial score (nSPS) is 13.0. The van der Waals surface area contributed by atoms with E-state index in [0.29, 0.717) is 0 Å². The predicted molar refractivity (Wildman–Crippen MR) is 91.3 cm³/mol. The van der Waals surface area contributed by atoms with Gasteiger partial charge in [0.1, 0.15) is 13.9 Å². The van der Waals surface area contributed by atoms with Crippen molar-refractivity contribution in [1.29, 1.82) is 0 Å². The van der Waals surface area contributed by atoms with Crippen LogP contribution in [0.4, 0.5) is 5.69 Å². The van der Waals surface area contributed by atoms with Gasteiger partial charge in [-0.15, -0.1) is 0 Å². The van der Waals surface area contributed by atoms with Crippen molar-refractivity contribution in [3.05, 3.63) is 34.4 Å². The molecule has 0 aliphatic carbocycles. The molecule has 0 bridgehead atoms. The average Bonchev–Trinajstić information content (AvgIpc) is 2.60. The maximum absolute atomic E-state index is 12.5. The summed E-state index contributed by atoms with van der Waals surface area (Å²) in [5.74, 6) is -4.54. The molecule has 0 heterocycles. The number of phosphoric acid groups is 1. The molecule has 1 rings (SSSR count). The number of nitro benzene ring substituents is 1. The second kappa shape index (κ2) is 14.0. The minimum atomic E-state index is -5.74. The minimum Gasteiger partial charge on any atom is -0.780 e. The van der Waals surface area contributed by atoms with Gasteiger partial charge in [0.05, 0.1) is 22.3 Å². The first-order valence-corrected chi connectivity index (χ1v) is 11.0. The SMILES string of the molecule is CCOC(=O)[C@H](NS(=O)(=O)c1ccc([N+](=O)[O-])cc1)[C@H](CC)C(=O)OP(=O)([O-])[O-].[Na+].[Na+]. The molecule has 0 unspecified atom stereocenters. The number of hydrogen-bond donors (Lipinski definition) is 1. The summed E-state index contributed by atoms with van der Waals surface area (Å²) in [6, 6.07) is 1.69. The number of benzene rings is 1. The summed E-state index contributed by atoms with van der Waals surface area (Å²) in [5, 5.41) is 10.7. The molecule has 162 valence electrons. The number of nitrogens with one attached hydrogen (secondary N) is 1. The van der Waals surface area contributed by atoms with Crippen LogP contribution >= 0.6 is 7.82 Å². The number of carbonyl (C=O) groups excluding carboxylic acids is 2. The second-order valence-electron chi connectivity index (χ2n) is 5.47. The van der Waals surface area contributed by atoms with Crippen molar-refractivity contribution in [1.82, 2.24) is 4.72 Å². The van der Waals surface area contributed by atoms with Crippen molar-refractivity contribution in [3.63, 3.8) is 0 Å². The Labute approximate surface area is 222 Å². The number of nitrogens with zero attached hydrogens (tertiary/aromatic N) is 1. The molecule has 0 aliphatic rings. The third kappa shape index (κ3) is 10.4. The molecule has 0 radical (unpaired) electrons. The van der Waals surface area contributed by atoms with Gasteiger partial charge in [0, 0.05) is 12.1 Å². The van der Waals surface area contributed by atoms with Gasteiger partial charge in [-0.3, -0.25) is 19.7 Å². The molecule has 0 aromatic heterocycles. The number of non-ortho nitro benzene ring substituents is 1. The number of carbonyl (C=O) groups is 2. The van der Waals surface area contributed by atoms with E-state index in [-0.39, 0.29) is 77.8 Å². The van der Waals surface area contributed by atoms with Crippen LogP contribution in [0.25, 0.3) is 0 Å². The van der Waals surface area contributed by atoms with E-state index < -0.39 is 51.6 Å². The maximum atomic E-state index is 12.5. The van der Waals surface area contributed by atoms with E-state index in [1.54, 1.807) is 0 Å². The Kier molecular flexibility index (Phi) is 14.8. The first-order valence-electron chi connectivity index (χ1n) is 8.01. The largest absolute Gasteiger partial charge is 1.00 e. The van der Waals surface area contributed by atoms with Crippen molar-refractivity contribution in [2.75, 3.05) is 6.61 Å². The third-order valence-electron chi connectivity index (χ3n) is 3.53. The quantitative estimate of drug-likeness (QED) is 0.105. The number of ether oxygens (including phenoxy) is 1. The number of hydrogen-bond acceptors (Lipinski definition) is 11. The summed E-state index contributed by atoms with van der Waals surface area (Å²) in [5.41, 5.74) is -0.387. The van der Waals surface area contributed by atoms with Crippen molar-refractivity contribution < 1.29 is 106 Å². The smallest absolute Gasteiger partial charge is 0.780 e. The Morgan fingerprint density at radius 3 is 2.03 bits per heavy atom. The predicted octanol–water partition coefficient (Wildman–Crippen LogP) is -6.79. The molecule has 1 N–H and O–H groups in total. The van der Waals surface area contributed by atoms with E-state index in [0.717, 1.165) is 24.3 Å². The van der Waals surface area contributed by atoms with Gasteiger partial charge in [0.15, 0.2) is 0 Å². The van der Waals surface area contributed by atoms with Crippen molar-refractivity contribution >= 4 is 35.5 Å². The number of phosphoric ester groups is 1. The number of esters is 1. The Morgan fingerprint density at radius 1 is 1.13 bits per heavy atom. The molecular formula is C14H17N2Na2O11PS. The molecule has 17 heteroatoms. The van der Waals surface area contributed by atoms with Crippen LogP contribution in [0.2, 0.25) is 0 Å². The van der Waals surface area contributed by atoms with E-state index in [1.165, 1.54) is 13.8 Å². The molecule has 2 atom stereocenters. The summed E-state index contributed by atoms with van der Waals surface area (Å²) in [4.78, 5) is 55.0. The number of sulfonamides is 1. The zero-order valence-electron chi connectivity index (χ0n) is 17.2. The van der Waals surface area contributed by atoms with Crippen LogP contribution < -0.4 is 73.6 Å². The fourth-order valence-corrected chi connectivity index (χ4v) is 3.81. The van der Waals surface area contributed by atoms with Gasteiger partial charge in [0.25, 0.3) is 5.69 Å². The summed E-state index contributed by atoms with van der Waals surface area (Å²) in [6.45, 7) is 2.53. The van der Waals surface area contributed by atoms with Crippen LogP contribution in [-0.2, 0) is 33.4 Å². The van der Waals surface area contributed by atoms with Gasteiger partial charge in [-0.1, -0.05) is 6.92 Å². The van der Waals surface area contributed by atoms with E-state index in [9.17, 15) is 42.5 Å². The Hall–Kier alpha value is -0.380. The van der Waals surface area contributed by atoms with E-state index in [4.69, 9.17) is 4.74 Å². The van der Waals surface area contributed by atoms with Crippen molar-refractivity contribution in [2.24, 2.45) is 5.92 Å². The first kappa shape index (κ1) is 32.8. The second-order valence-corrected chi connectivity index (χ2v) is 8.27. The van der Waals surface area contributed by atoms with Crippen molar-refractivity contribution in [3.8, 4) is 0 Å². The standard InChI is InChI=1S/C14H19N2O11PS.2Na/c1-3-11(13(17)27-28(21,22)23)12(14(18)26-4-2)15-29(24,25)10-7-5-9(6-8-10)16(19)20;;/h5-8,11-12,15H,3-4H2,1-2H3,(H2,21,22,23);;/q;2*+1/p-2/t11-,12+;;/m0../s1. The molecule has 1 aromatic rings. The van der Waals surface area contributed by atoms with E-state index in [1.807, 2.05) is 4.72 Å². The van der Waals surface area contributed by atoms with Gasteiger partial charge >= 0.3 is 71.1 Å². The average molecular weight is 498 g/mol. The van der Waals surface area contributed by atoms with Crippen LogP contribution in [0.1, 0.15) is 20.3 Å². The van der Waals surface area contributed by atoms with Gasteiger partial charge in [0.2, 0.25) is 10.0 Å². The summed E-state index contributed by atoms with van der Waals surface area (Å²) >= 11 is 0. The fraction of sp³-hybridized carbons (Fsp3) is 0.429. The molecule has 0 saturated carbocycles. The van der Waals surface area contributed by atoms with Gasteiger partial charge in [-0.2, -0.15) is 4.72 Å². The van der Waals surface area contributed by atoms with Crippen LogP contribution in [0.15, 0.2) is 29.2 Å². The van der Waals surface area contributed by atoms with Gasteiger partial charge in [-0.25, -0.2) is 8.42 Å². The topological polar surface area (TPSA) is 205 Å². The fourth-order valence-electron chi connectivity index (χ4n) is 2.23. The van der Waals surface area contributed by atoms with Crippen LogP contribution in [0.3, 0.4) is 0 Å². The number of nitro groups is 1. The van der Waals surface area contributed by atoms with Crippen LogP contribution in [0.5, 0.6) is 0 Å². The Morgan fingerprint density at radius 2 is 1.65 bits per heavy atom. The van der Waals surface area contributed by atoms with E-state index >= 15 is 0 Å². The third-order valence-corrected chi connectivity index (χ3v) is 5.39. The molecule has 0 saturated heterocycles. The monoisotopic (exact) mass is 498 g/mol.